The molecule has 1 saturated heterocycles. The molecule has 24 heavy (non-hydrogen) atoms. The van der Waals surface area contributed by atoms with Gasteiger partial charge in [-0.25, -0.2) is 0 Å². The quantitative estimate of drug-likeness (QED) is 0.873. The summed E-state index contributed by atoms with van der Waals surface area (Å²) in [6.45, 7) is 5.79. The average molecular weight is 324 g/mol. The lowest BCUT2D eigenvalue weighted by Crippen LogP contribution is -2.40. The van der Waals surface area contributed by atoms with Gasteiger partial charge in [-0.2, -0.15) is 0 Å². The molecule has 0 radical (unpaired) electrons. The molecule has 0 amide bonds. The lowest BCUT2D eigenvalue weighted by Gasteiger charge is -2.37. The molecule has 0 bridgehead atoms. The molecular formula is C21H28N2O. The van der Waals surface area contributed by atoms with Crippen molar-refractivity contribution in [1.82, 2.24) is 4.90 Å². The fourth-order valence-electron chi connectivity index (χ4n) is 3.60. The summed E-state index contributed by atoms with van der Waals surface area (Å²) in [5, 5.41) is 0. The lowest BCUT2D eigenvalue weighted by molar-refractivity contribution is 0.130. The van der Waals surface area contributed by atoms with Gasteiger partial charge in [0.25, 0.3) is 0 Å². The second-order valence-corrected chi connectivity index (χ2v) is 6.81. The van der Waals surface area contributed by atoms with Crippen molar-refractivity contribution in [3.05, 3.63) is 65.7 Å². The number of hydrogen-bond acceptors (Lipinski definition) is 3. The molecule has 0 aromatic heterocycles. The van der Waals surface area contributed by atoms with Crippen LogP contribution in [0.3, 0.4) is 0 Å². The van der Waals surface area contributed by atoms with Crippen LogP contribution in [-0.2, 0) is 6.61 Å². The smallest absolute Gasteiger partial charge is 0.124 e. The van der Waals surface area contributed by atoms with E-state index in [4.69, 9.17) is 10.5 Å². The highest BCUT2D eigenvalue weighted by molar-refractivity contribution is 5.36. The van der Waals surface area contributed by atoms with Crippen LogP contribution < -0.4 is 10.5 Å². The fourth-order valence-corrected chi connectivity index (χ4v) is 3.60. The van der Waals surface area contributed by atoms with Gasteiger partial charge in [0, 0.05) is 18.7 Å². The number of para-hydroxylation sites is 1. The largest absolute Gasteiger partial charge is 0.489 e. The number of rotatable bonds is 6. The topological polar surface area (TPSA) is 38.5 Å². The molecule has 1 aliphatic heterocycles. The van der Waals surface area contributed by atoms with E-state index in [1.54, 1.807) is 0 Å². The van der Waals surface area contributed by atoms with Gasteiger partial charge in [-0.15, -0.1) is 0 Å². The summed E-state index contributed by atoms with van der Waals surface area (Å²) in [5.41, 5.74) is 8.56. The monoisotopic (exact) mass is 324 g/mol. The Balaban J connectivity index is 1.76. The molecule has 128 valence electrons. The highest BCUT2D eigenvalue weighted by Crippen LogP contribution is 2.32. The summed E-state index contributed by atoms with van der Waals surface area (Å²) in [4.78, 5) is 2.53. The Kier molecular flexibility index (Phi) is 5.89. The normalized spacial score (nSPS) is 19.8. The summed E-state index contributed by atoms with van der Waals surface area (Å²) in [7, 11) is 0. The van der Waals surface area contributed by atoms with Crippen LogP contribution in [0.4, 0.5) is 0 Å². The molecule has 3 rings (SSSR count). The first-order valence-corrected chi connectivity index (χ1v) is 8.97. The van der Waals surface area contributed by atoms with Crippen LogP contribution in [0.5, 0.6) is 5.75 Å². The Morgan fingerprint density at radius 3 is 2.62 bits per heavy atom. The van der Waals surface area contributed by atoms with Crippen LogP contribution in [0.15, 0.2) is 54.6 Å². The van der Waals surface area contributed by atoms with Gasteiger partial charge in [-0.3, -0.25) is 4.90 Å². The van der Waals surface area contributed by atoms with E-state index in [0.717, 1.165) is 24.8 Å². The van der Waals surface area contributed by atoms with Crippen LogP contribution >= 0.6 is 0 Å². The standard InChI is InChI=1S/C21H28N2O/c1-17-8-7-13-23(15-17)20(14-22)19-11-5-6-12-21(19)24-16-18-9-3-2-4-10-18/h2-6,9-12,17,20H,7-8,13-16,22H2,1H3. The first kappa shape index (κ1) is 17.0. The van der Waals surface area contributed by atoms with Crippen LogP contribution in [-0.4, -0.2) is 24.5 Å². The minimum absolute atomic E-state index is 0.236. The van der Waals surface area contributed by atoms with E-state index in [9.17, 15) is 0 Å². The van der Waals surface area contributed by atoms with Crippen LogP contribution in [0.1, 0.15) is 36.9 Å². The van der Waals surface area contributed by atoms with E-state index in [1.165, 1.54) is 24.0 Å². The number of hydrogen-bond donors (Lipinski definition) is 1. The van der Waals surface area contributed by atoms with E-state index in [-0.39, 0.29) is 6.04 Å². The molecule has 1 heterocycles. The van der Waals surface area contributed by atoms with E-state index in [0.29, 0.717) is 13.2 Å². The third-order valence-electron chi connectivity index (χ3n) is 4.87. The first-order valence-electron chi connectivity index (χ1n) is 8.97. The molecule has 2 aromatic carbocycles. The lowest BCUT2D eigenvalue weighted by atomic mass is 9.96. The molecule has 0 saturated carbocycles. The number of likely N-dealkylation sites (tertiary alicyclic amines) is 1. The molecule has 2 N–H and O–H groups in total. The van der Waals surface area contributed by atoms with Gasteiger partial charge in [0.2, 0.25) is 0 Å². The number of nitrogens with two attached hydrogens (primary N) is 1. The molecule has 1 aliphatic rings. The molecule has 2 aromatic rings. The predicted octanol–water partition coefficient (Wildman–Crippen LogP) is 4.00. The van der Waals surface area contributed by atoms with Crippen molar-refractivity contribution in [2.24, 2.45) is 11.7 Å². The van der Waals surface area contributed by atoms with Crippen molar-refractivity contribution in [2.75, 3.05) is 19.6 Å². The number of piperidine rings is 1. The third-order valence-corrected chi connectivity index (χ3v) is 4.87. The van der Waals surface area contributed by atoms with E-state index in [1.807, 2.05) is 24.3 Å². The second kappa shape index (κ2) is 8.32. The Morgan fingerprint density at radius 2 is 1.88 bits per heavy atom. The fraction of sp³-hybridized carbons (Fsp3) is 0.429. The third kappa shape index (κ3) is 4.16. The van der Waals surface area contributed by atoms with Crippen molar-refractivity contribution >= 4 is 0 Å². The maximum Gasteiger partial charge on any atom is 0.124 e. The van der Waals surface area contributed by atoms with Crippen molar-refractivity contribution < 1.29 is 4.74 Å². The zero-order valence-electron chi connectivity index (χ0n) is 14.5. The minimum Gasteiger partial charge on any atom is -0.489 e. The zero-order chi connectivity index (χ0) is 16.8. The second-order valence-electron chi connectivity index (χ2n) is 6.81. The molecule has 3 heteroatoms. The van der Waals surface area contributed by atoms with E-state index < -0.39 is 0 Å². The summed E-state index contributed by atoms with van der Waals surface area (Å²) < 4.78 is 6.14. The molecule has 2 atom stereocenters. The average Bonchev–Trinajstić information content (AvgIpc) is 2.62. The van der Waals surface area contributed by atoms with E-state index in [2.05, 4.69) is 42.2 Å². The van der Waals surface area contributed by atoms with Crippen LogP contribution in [0.2, 0.25) is 0 Å². The number of ether oxygens (including phenoxy) is 1. The molecular weight excluding hydrogens is 296 g/mol. The van der Waals surface area contributed by atoms with Crippen LogP contribution in [0, 0.1) is 5.92 Å². The minimum atomic E-state index is 0.236. The van der Waals surface area contributed by atoms with Gasteiger partial charge in [0.05, 0.1) is 6.04 Å². The summed E-state index contributed by atoms with van der Waals surface area (Å²) >= 11 is 0. The highest BCUT2D eigenvalue weighted by Gasteiger charge is 2.26. The van der Waals surface area contributed by atoms with Gasteiger partial charge in [0.15, 0.2) is 0 Å². The Labute approximate surface area is 145 Å². The van der Waals surface area contributed by atoms with Crippen molar-refractivity contribution in [3.63, 3.8) is 0 Å². The Hall–Kier alpha value is -1.84. The zero-order valence-corrected chi connectivity index (χ0v) is 14.5. The molecule has 2 unspecified atom stereocenters. The van der Waals surface area contributed by atoms with Gasteiger partial charge in [0.1, 0.15) is 12.4 Å². The highest BCUT2D eigenvalue weighted by atomic mass is 16.5. The first-order chi connectivity index (χ1) is 11.8. The Bertz CT molecular complexity index is 629. The van der Waals surface area contributed by atoms with Gasteiger partial charge in [-0.05, 0) is 36.9 Å². The maximum absolute atomic E-state index is 6.16. The number of nitrogens with zero attached hydrogens (tertiary/aromatic N) is 1. The molecule has 3 nitrogen and oxygen atoms in total. The van der Waals surface area contributed by atoms with Crippen molar-refractivity contribution in [2.45, 2.75) is 32.4 Å². The summed E-state index contributed by atoms with van der Waals surface area (Å²) in [5.74, 6) is 1.69. The summed E-state index contributed by atoms with van der Waals surface area (Å²) in [6.07, 6.45) is 2.57. The maximum atomic E-state index is 6.16. The van der Waals surface area contributed by atoms with Crippen LogP contribution in [0.25, 0.3) is 0 Å². The van der Waals surface area contributed by atoms with Gasteiger partial charge >= 0.3 is 0 Å². The summed E-state index contributed by atoms with van der Waals surface area (Å²) in [6, 6.07) is 18.9. The SMILES string of the molecule is CC1CCCN(C(CN)c2ccccc2OCc2ccccc2)C1. The predicted molar refractivity (Wildman–Crippen MR) is 99.0 cm³/mol. The number of benzene rings is 2. The van der Waals surface area contributed by atoms with E-state index >= 15 is 0 Å². The van der Waals surface area contributed by atoms with Gasteiger partial charge in [-0.1, -0.05) is 55.5 Å². The Morgan fingerprint density at radius 1 is 1.12 bits per heavy atom. The molecule has 1 fully saturated rings. The molecule has 0 aliphatic carbocycles. The van der Waals surface area contributed by atoms with Crippen molar-refractivity contribution in [1.29, 1.82) is 0 Å². The van der Waals surface area contributed by atoms with Crippen molar-refractivity contribution in [3.8, 4) is 5.75 Å². The molecule has 0 spiro atoms. The van der Waals surface area contributed by atoms with Gasteiger partial charge < -0.3 is 10.5 Å².